The summed E-state index contributed by atoms with van der Waals surface area (Å²) < 4.78 is 5.13. The molecule has 0 aliphatic heterocycles. The number of nitrogens with one attached hydrogen (secondary N) is 1. The highest BCUT2D eigenvalue weighted by molar-refractivity contribution is 5.73. The van der Waals surface area contributed by atoms with Crippen LogP contribution < -0.4 is 5.32 Å². The normalized spacial score (nSPS) is 13.9. The Bertz CT molecular complexity index is 416. The summed E-state index contributed by atoms with van der Waals surface area (Å²) in [5, 5.41) is 11.5. The molecule has 0 aromatic rings. The number of rotatable bonds is 6. The second-order valence-corrected chi connectivity index (χ2v) is 5.19. The number of aliphatic carboxylic acids is 1. The van der Waals surface area contributed by atoms with E-state index in [4.69, 9.17) is 9.84 Å². The van der Waals surface area contributed by atoms with Crippen LogP contribution >= 0.6 is 0 Å². The van der Waals surface area contributed by atoms with Crippen LogP contribution in [-0.4, -0.2) is 28.8 Å². The average molecular weight is 281 g/mol. The molecular formula is C15H23NO4. The van der Waals surface area contributed by atoms with Gasteiger partial charge in [0.2, 0.25) is 0 Å². The van der Waals surface area contributed by atoms with Crippen molar-refractivity contribution in [2.24, 2.45) is 0 Å². The number of carboxylic acids is 1. The van der Waals surface area contributed by atoms with Crippen LogP contribution in [0.25, 0.3) is 0 Å². The summed E-state index contributed by atoms with van der Waals surface area (Å²) in [5.41, 5.74) is -0.0319. The summed E-state index contributed by atoms with van der Waals surface area (Å²) in [7, 11) is 0. The van der Waals surface area contributed by atoms with Gasteiger partial charge in [0.05, 0.1) is 12.5 Å². The fourth-order valence-electron chi connectivity index (χ4n) is 1.41. The van der Waals surface area contributed by atoms with Gasteiger partial charge in [-0.25, -0.2) is 4.79 Å². The minimum Gasteiger partial charge on any atom is -0.481 e. The van der Waals surface area contributed by atoms with Crippen molar-refractivity contribution in [1.29, 1.82) is 0 Å². The van der Waals surface area contributed by atoms with E-state index < -0.39 is 23.7 Å². The van der Waals surface area contributed by atoms with Gasteiger partial charge in [-0.1, -0.05) is 30.9 Å². The van der Waals surface area contributed by atoms with Crippen LogP contribution in [0.5, 0.6) is 0 Å². The number of alkyl carbamates (subject to hydrolysis) is 1. The average Bonchev–Trinajstić information content (AvgIpc) is 2.26. The lowest BCUT2D eigenvalue weighted by Crippen LogP contribution is -2.41. The zero-order chi connectivity index (χ0) is 15.8. The molecule has 0 fully saturated rings. The number of hydrogen-bond donors (Lipinski definition) is 2. The molecular weight excluding hydrogens is 258 g/mol. The fraction of sp³-hybridized carbons (Fsp3) is 0.467. The molecule has 0 saturated carbocycles. The van der Waals surface area contributed by atoms with E-state index in [-0.39, 0.29) is 6.42 Å². The lowest BCUT2D eigenvalue weighted by atomic mass is 10.0. The van der Waals surface area contributed by atoms with E-state index in [0.29, 0.717) is 5.57 Å². The fourth-order valence-corrected chi connectivity index (χ4v) is 1.41. The van der Waals surface area contributed by atoms with Gasteiger partial charge in [0, 0.05) is 0 Å². The van der Waals surface area contributed by atoms with Crippen molar-refractivity contribution in [2.45, 2.75) is 45.8 Å². The first-order valence-corrected chi connectivity index (χ1v) is 6.36. The van der Waals surface area contributed by atoms with Crippen molar-refractivity contribution < 1.29 is 19.4 Å². The van der Waals surface area contributed by atoms with Crippen LogP contribution in [0.1, 0.15) is 34.1 Å². The van der Waals surface area contributed by atoms with Gasteiger partial charge in [-0.2, -0.15) is 0 Å². The van der Waals surface area contributed by atoms with Gasteiger partial charge in [0.25, 0.3) is 0 Å². The summed E-state index contributed by atoms with van der Waals surface area (Å²) in [4.78, 5) is 22.6. The van der Waals surface area contributed by atoms with Gasteiger partial charge in [-0.15, -0.1) is 0 Å². The van der Waals surface area contributed by atoms with Gasteiger partial charge in [0.15, 0.2) is 0 Å². The molecule has 1 atom stereocenters. The maximum Gasteiger partial charge on any atom is 0.408 e. The lowest BCUT2D eigenvalue weighted by Gasteiger charge is -2.23. The predicted octanol–water partition coefficient (Wildman–Crippen LogP) is 3.04. The summed E-state index contributed by atoms with van der Waals surface area (Å²) in [6.07, 6.45) is 5.88. The molecule has 0 bridgehead atoms. The maximum absolute atomic E-state index is 11.7. The molecule has 0 heterocycles. The summed E-state index contributed by atoms with van der Waals surface area (Å²) >= 11 is 0. The Hall–Kier alpha value is -2.04. The molecule has 0 aromatic carbocycles. The lowest BCUT2D eigenvalue weighted by molar-refractivity contribution is -0.137. The highest BCUT2D eigenvalue weighted by Gasteiger charge is 2.22. The van der Waals surface area contributed by atoms with Crippen molar-refractivity contribution in [2.75, 3.05) is 0 Å². The molecule has 0 aliphatic rings. The molecule has 0 aromatic heterocycles. The molecule has 1 amide bonds. The van der Waals surface area contributed by atoms with Crippen molar-refractivity contribution in [3.05, 3.63) is 36.5 Å². The van der Waals surface area contributed by atoms with Crippen molar-refractivity contribution in [1.82, 2.24) is 5.32 Å². The van der Waals surface area contributed by atoms with Crippen LogP contribution in [0.4, 0.5) is 4.79 Å². The molecule has 5 heteroatoms. The first-order chi connectivity index (χ1) is 9.19. The number of carbonyl (C=O) groups excluding carboxylic acids is 1. The highest BCUT2D eigenvalue weighted by Crippen LogP contribution is 2.12. The molecule has 20 heavy (non-hydrogen) atoms. The molecule has 1 unspecified atom stereocenters. The second kappa shape index (κ2) is 8.19. The minimum atomic E-state index is -1.01. The smallest absolute Gasteiger partial charge is 0.408 e. The number of allylic oxidation sites excluding steroid dienone is 3. The van der Waals surface area contributed by atoms with Crippen LogP contribution in [0.15, 0.2) is 36.5 Å². The Labute approximate surface area is 120 Å². The van der Waals surface area contributed by atoms with Gasteiger partial charge in [-0.05, 0) is 33.3 Å². The molecule has 112 valence electrons. The summed E-state index contributed by atoms with van der Waals surface area (Å²) in [5.74, 6) is -1.01. The molecule has 0 spiro atoms. The number of carboxylic acid groups (broad SMARTS) is 1. The molecule has 2 N–H and O–H groups in total. The molecule has 0 aliphatic carbocycles. The second-order valence-electron chi connectivity index (χ2n) is 5.19. The monoisotopic (exact) mass is 281 g/mol. The number of ether oxygens (including phenoxy) is 1. The quantitative estimate of drug-likeness (QED) is 0.734. The third-order valence-corrected chi connectivity index (χ3v) is 2.19. The number of hydrogen-bond acceptors (Lipinski definition) is 3. The minimum absolute atomic E-state index is 0.241. The Morgan fingerprint density at radius 2 is 2.00 bits per heavy atom. The molecule has 5 nitrogen and oxygen atoms in total. The Kier molecular flexibility index (Phi) is 7.36. The van der Waals surface area contributed by atoms with Crippen LogP contribution in [0.3, 0.4) is 0 Å². The third-order valence-electron chi connectivity index (χ3n) is 2.19. The van der Waals surface area contributed by atoms with Gasteiger partial charge < -0.3 is 15.2 Å². The van der Waals surface area contributed by atoms with Crippen LogP contribution in [0.2, 0.25) is 0 Å². The van der Waals surface area contributed by atoms with E-state index in [0.717, 1.165) is 0 Å². The zero-order valence-electron chi connectivity index (χ0n) is 12.5. The van der Waals surface area contributed by atoms with Crippen molar-refractivity contribution in [3.8, 4) is 0 Å². The largest absolute Gasteiger partial charge is 0.481 e. The molecule has 0 radical (unpaired) electrons. The van der Waals surface area contributed by atoms with Gasteiger partial charge >= 0.3 is 12.1 Å². The van der Waals surface area contributed by atoms with E-state index >= 15 is 0 Å². The first-order valence-electron chi connectivity index (χ1n) is 6.36. The van der Waals surface area contributed by atoms with Crippen molar-refractivity contribution in [3.63, 3.8) is 0 Å². The van der Waals surface area contributed by atoms with E-state index in [9.17, 15) is 9.59 Å². The van der Waals surface area contributed by atoms with Gasteiger partial charge in [0.1, 0.15) is 5.60 Å². The third kappa shape index (κ3) is 8.13. The predicted molar refractivity (Wildman–Crippen MR) is 78.5 cm³/mol. The topological polar surface area (TPSA) is 75.6 Å². The Morgan fingerprint density at radius 1 is 1.40 bits per heavy atom. The van der Waals surface area contributed by atoms with E-state index in [1.165, 1.54) is 6.08 Å². The molecule has 0 rings (SSSR count). The summed E-state index contributed by atoms with van der Waals surface area (Å²) in [6, 6.07) is -0.684. The van der Waals surface area contributed by atoms with Crippen molar-refractivity contribution >= 4 is 12.1 Å². The van der Waals surface area contributed by atoms with Crippen LogP contribution in [0, 0.1) is 0 Å². The maximum atomic E-state index is 11.7. The van der Waals surface area contributed by atoms with E-state index in [2.05, 4.69) is 11.9 Å². The first kappa shape index (κ1) is 18.0. The summed E-state index contributed by atoms with van der Waals surface area (Å²) in [6.45, 7) is 10.7. The Morgan fingerprint density at radius 3 is 2.40 bits per heavy atom. The number of carbonyl (C=O) groups is 2. The van der Waals surface area contributed by atoms with E-state index in [1.54, 1.807) is 39.0 Å². The molecule has 0 saturated heterocycles. The standard InChI is InChI=1S/C15H23NO4/c1-6-8-9-11(7-2)12(10-13(17)18)16-14(19)20-15(3,4)5/h6-9,12H,2,10H2,1,3-5H3,(H,16,19)(H,17,18)/b8-6-,11-9+. The SMILES string of the molecule is C=C/C(=C\C=C/C)C(CC(=O)O)NC(=O)OC(C)(C)C. The highest BCUT2D eigenvalue weighted by atomic mass is 16.6. The Balaban J connectivity index is 5.01. The zero-order valence-corrected chi connectivity index (χ0v) is 12.5. The van der Waals surface area contributed by atoms with Crippen LogP contribution in [-0.2, 0) is 9.53 Å². The van der Waals surface area contributed by atoms with E-state index in [1.807, 2.05) is 6.92 Å². The number of amides is 1. The van der Waals surface area contributed by atoms with Gasteiger partial charge in [-0.3, -0.25) is 4.79 Å².